The third kappa shape index (κ3) is 6.32. The van der Waals surface area contributed by atoms with Gasteiger partial charge >= 0.3 is 12.1 Å². The Kier molecular flexibility index (Phi) is 8.39. The maximum Gasteiger partial charge on any atom is 0.416 e. The van der Waals surface area contributed by atoms with E-state index < -0.39 is 53.0 Å². The summed E-state index contributed by atoms with van der Waals surface area (Å²) in [5.41, 5.74) is -1.35. The third-order valence-electron chi connectivity index (χ3n) is 6.17. The van der Waals surface area contributed by atoms with Crippen LogP contribution in [0.1, 0.15) is 57.2 Å². The summed E-state index contributed by atoms with van der Waals surface area (Å²) in [6.07, 6.45) is -4.69. The van der Waals surface area contributed by atoms with Crippen molar-refractivity contribution in [3.8, 4) is 6.07 Å². The maximum absolute atomic E-state index is 14.0. The highest BCUT2D eigenvalue weighted by Gasteiger charge is 2.47. The van der Waals surface area contributed by atoms with Crippen LogP contribution in [-0.2, 0) is 25.3 Å². The van der Waals surface area contributed by atoms with E-state index in [1.54, 1.807) is 20.8 Å². The van der Waals surface area contributed by atoms with Gasteiger partial charge in [0.15, 0.2) is 5.70 Å². The smallest absolute Gasteiger partial charge is 0.416 e. The number of anilines is 1. The molecule has 0 aromatic heterocycles. The van der Waals surface area contributed by atoms with Crippen molar-refractivity contribution >= 4 is 23.5 Å². The van der Waals surface area contributed by atoms with E-state index in [0.717, 1.165) is 23.1 Å². The summed E-state index contributed by atoms with van der Waals surface area (Å²) < 4.78 is 45.7. The number of amides is 2. The number of nitriles is 1. The van der Waals surface area contributed by atoms with Crippen LogP contribution < -0.4 is 10.2 Å². The molecule has 1 heterocycles. The fourth-order valence-corrected chi connectivity index (χ4v) is 4.37. The molecule has 0 saturated heterocycles. The van der Waals surface area contributed by atoms with Crippen LogP contribution in [-0.4, -0.2) is 29.4 Å². The quantitative estimate of drug-likeness (QED) is 0.307. The second-order valence-electron chi connectivity index (χ2n) is 10.3. The van der Waals surface area contributed by atoms with Gasteiger partial charge in [-0.25, -0.2) is 9.64 Å². The summed E-state index contributed by atoms with van der Waals surface area (Å²) in [4.78, 5) is 44.7. The van der Waals surface area contributed by atoms with E-state index in [1.165, 1.54) is 44.2 Å². The van der Waals surface area contributed by atoms with E-state index in [2.05, 4.69) is 10.2 Å². The van der Waals surface area contributed by atoms with Gasteiger partial charge in [0.25, 0.3) is 0 Å². The zero-order valence-corrected chi connectivity index (χ0v) is 22.5. The molecular formula is C29H27F3N4O4. The minimum Gasteiger partial charge on any atom is -0.458 e. The number of halogens is 3. The first-order valence-corrected chi connectivity index (χ1v) is 12.2. The van der Waals surface area contributed by atoms with E-state index in [-0.39, 0.29) is 17.1 Å². The maximum atomic E-state index is 14.0. The number of ether oxygens (including phenoxy) is 1. The number of hydrogen-bond acceptors (Lipinski definition) is 5. The number of nitrogens with zero attached hydrogens (tertiary/aromatic N) is 3. The molecule has 11 heteroatoms. The van der Waals surface area contributed by atoms with Crippen molar-refractivity contribution in [2.75, 3.05) is 4.90 Å². The lowest BCUT2D eigenvalue weighted by Crippen LogP contribution is -2.52. The molecule has 2 aromatic carbocycles. The number of carbonyl (C=O) groups is 3. The third-order valence-corrected chi connectivity index (χ3v) is 6.17. The van der Waals surface area contributed by atoms with E-state index in [9.17, 15) is 32.8 Å². The van der Waals surface area contributed by atoms with Crippen molar-refractivity contribution in [2.45, 2.75) is 58.4 Å². The first-order chi connectivity index (χ1) is 18.6. The predicted molar refractivity (Wildman–Crippen MR) is 139 cm³/mol. The van der Waals surface area contributed by atoms with Gasteiger partial charge in [-0.1, -0.05) is 18.2 Å². The normalized spacial score (nSPS) is 18.4. The number of rotatable bonds is 5. The number of hydrogen-bond donors (Lipinski definition) is 1. The SMILES string of the molecule is [C-]#[N+]C1=C(C)N(c2cccc(C(F)(F)F)c2)C(=O)C(C(=O)N[C@@H](C)C(=O)OC(C)(C)C)C1c1ccc(C#N)cc1. The van der Waals surface area contributed by atoms with Crippen molar-refractivity contribution < 1.29 is 32.3 Å². The molecular weight excluding hydrogens is 525 g/mol. The number of carbonyl (C=O) groups excluding carboxylic acids is 3. The average Bonchev–Trinajstić information content (AvgIpc) is 2.87. The minimum absolute atomic E-state index is 0.0493. The Bertz CT molecular complexity index is 1440. The molecule has 8 nitrogen and oxygen atoms in total. The van der Waals surface area contributed by atoms with Crippen LogP contribution in [0.2, 0.25) is 0 Å². The molecule has 2 aromatic rings. The highest BCUT2D eigenvalue weighted by atomic mass is 19.4. The van der Waals surface area contributed by atoms with Gasteiger partial charge in [0.05, 0.1) is 23.8 Å². The van der Waals surface area contributed by atoms with Gasteiger partial charge < -0.3 is 10.1 Å². The standard InChI is InChI=1S/C29H27F3N4O4/c1-16(27(39)40-28(3,4)5)35-25(37)23-22(19-12-10-18(15-33)11-13-19)24(34-6)17(2)36(26(23)38)21-9-7-8-20(14-21)29(30,31)32/h7-14,16,22-23H,1-5H3,(H,35,37)/t16-,22?,23?/m0/s1. The Balaban J connectivity index is 2.16. The first kappa shape index (κ1) is 29.9. The molecule has 2 unspecified atom stereocenters. The van der Waals surface area contributed by atoms with E-state index in [1.807, 2.05) is 6.07 Å². The second kappa shape index (κ2) is 11.2. The van der Waals surface area contributed by atoms with E-state index >= 15 is 0 Å². The number of allylic oxidation sites excluding steroid dienone is 2. The topological polar surface area (TPSA) is 104 Å². The Hall–Kier alpha value is -4.64. The van der Waals surface area contributed by atoms with E-state index in [4.69, 9.17) is 11.3 Å². The summed E-state index contributed by atoms with van der Waals surface area (Å²) in [5.74, 6) is -5.31. The molecule has 1 N–H and O–H groups in total. The Morgan fingerprint density at radius 3 is 2.30 bits per heavy atom. The molecule has 0 spiro atoms. The average molecular weight is 553 g/mol. The van der Waals surface area contributed by atoms with Crippen LogP contribution in [0.4, 0.5) is 18.9 Å². The lowest BCUT2D eigenvalue weighted by molar-refractivity contribution is -0.158. The van der Waals surface area contributed by atoms with Crippen LogP contribution in [0.3, 0.4) is 0 Å². The van der Waals surface area contributed by atoms with Crippen LogP contribution in [0, 0.1) is 23.8 Å². The Labute approximate surface area is 229 Å². The highest BCUT2D eigenvalue weighted by Crippen LogP contribution is 2.44. The Morgan fingerprint density at radius 2 is 1.77 bits per heavy atom. The van der Waals surface area contributed by atoms with Crippen molar-refractivity contribution in [1.82, 2.24) is 5.32 Å². The molecule has 3 atom stereocenters. The molecule has 0 bridgehead atoms. The molecule has 3 rings (SSSR count). The van der Waals surface area contributed by atoms with Gasteiger partial charge in [-0.05, 0) is 70.5 Å². The van der Waals surface area contributed by atoms with Crippen molar-refractivity contribution in [3.05, 3.63) is 88.0 Å². The fourth-order valence-electron chi connectivity index (χ4n) is 4.37. The summed E-state index contributed by atoms with van der Waals surface area (Å²) in [6, 6.07) is 10.8. The first-order valence-electron chi connectivity index (χ1n) is 12.2. The zero-order chi connectivity index (χ0) is 30.0. The van der Waals surface area contributed by atoms with Gasteiger partial charge in [-0.15, -0.1) is 0 Å². The van der Waals surface area contributed by atoms with Crippen LogP contribution in [0.25, 0.3) is 4.85 Å². The fraction of sp³-hybridized carbons (Fsp3) is 0.345. The van der Waals surface area contributed by atoms with Gasteiger partial charge in [-0.2, -0.15) is 18.4 Å². The minimum atomic E-state index is -4.69. The summed E-state index contributed by atoms with van der Waals surface area (Å²) >= 11 is 0. The summed E-state index contributed by atoms with van der Waals surface area (Å²) in [5, 5.41) is 11.6. The number of benzene rings is 2. The predicted octanol–water partition coefficient (Wildman–Crippen LogP) is 5.32. The van der Waals surface area contributed by atoms with Crippen LogP contribution in [0.5, 0.6) is 0 Å². The van der Waals surface area contributed by atoms with Gasteiger partial charge in [0.1, 0.15) is 17.6 Å². The molecule has 0 saturated carbocycles. The van der Waals surface area contributed by atoms with Gasteiger partial charge in [0, 0.05) is 17.3 Å². The van der Waals surface area contributed by atoms with Crippen LogP contribution >= 0.6 is 0 Å². The summed E-state index contributed by atoms with van der Waals surface area (Å²) in [6.45, 7) is 15.6. The zero-order valence-electron chi connectivity index (χ0n) is 22.5. The molecule has 1 aliphatic heterocycles. The molecule has 0 aliphatic carbocycles. The summed E-state index contributed by atoms with van der Waals surface area (Å²) in [7, 11) is 0. The van der Waals surface area contributed by atoms with Crippen LogP contribution in [0.15, 0.2) is 59.9 Å². The van der Waals surface area contributed by atoms with Gasteiger partial charge in [0.2, 0.25) is 11.8 Å². The largest absolute Gasteiger partial charge is 0.458 e. The van der Waals surface area contributed by atoms with E-state index in [0.29, 0.717) is 11.1 Å². The molecule has 0 fully saturated rings. The van der Waals surface area contributed by atoms with Crippen molar-refractivity contribution in [1.29, 1.82) is 5.26 Å². The lowest BCUT2D eigenvalue weighted by atomic mass is 9.78. The van der Waals surface area contributed by atoms with Gasteiger partial charge in [-0.3, -0.25) is 14.5 Å². The van der Waals surface area contributed by atoms with Crippen molar-refractivity contribution in [2.24, 2.45) is 5.92 Å². The Morgan fingerprint density at radius 1 is 1.15 bits per heavy atom. The molecule has 40 heavy (non-hydrogen) atoms. The molecule has 208 valence electrons. The number of alkyl halides is 3. The molecule has 1 aliphatic rings. The highest BCUT2D eigenvalue weighted by molar-refractivity contribution is 6.12. The monoisotopic (exact) mass is 552 g/mol. The second-order valence-corrected chi connectivity index (χ2v) is 10.3. The number of nitrogens with one attached hydrogen (secondary N) is 1. The molecule has 2 amide bonds. The lowest BCUT2D eigenvalue weighted by Gasteiger charge is -2.38. The van der Waals surface area contributed by atoms with Crippen molar-refractivity contribution in [3.63, 3.8) is 0 Å². The number of esters is 1. The molecule has 0 radical (unpaired) electrons.